The van der Waals surface area contributed by atoms with Crippen LogP contribution in [0.5, 0.6) is 0 Å². The summed E-state index contributed by atoms with van der Waals surface area (Å²) >= 11 is 0. The second kappa shape index (κ2) is 11.2. The molecule has 2 heterocycles. The molecule has 0 aliphatic carbocycles. The molecule has 0 unspecified atom stereocenters. The van der Waals surface area contributed by atoms with E-state index in [2.05, 4.69) is 51.2 Å². The maximum absolute atomic E-state index is 12.9. The normalized spacial score (nSPS) is 15.5. The Labute approximate surface area is 203 Å². The van der Waals surface area contributed by atoms with Gasteiger partial charge in [0.1, 0.15) is 0 Å². The van der Waals surface area contributed by atoms with Crippen LogP contribution in [0.25, 0.3) is 11.1 Å². The van der Waals surface area contributed by atoms with Crippen LogP contribution in [0.15, 0.2) is 71.8 Å². The largest absolute Gasteiger partial charge is 0.310 e. The number of aromatic nitrogens is 1. The van der Waals surface area contributed by atoms with Crippen LogP contribution in [0.2, 0.25) is 0 Å². The van der Waals surface area contributed by atoms with Crippen LogP contribution in [-0.4, -0.2) is 51.0 Å². The van der Waals surface area contributed by atoms with Gasteiger partial charge in [0.25, 0.3) is 0 Å². The third-order valence-corrected chi connectivity index (χ3v) is 8.06. The highest BCUT2D eigenvalue weighted by molar-refractivity contribution is 7.89. The van der Waals surface area contributed by atoms with Crippen LogP contribution in [0.3, 0.4) is 0 Å². The zero-order valence-electron chi connectivity index (χ0n) is 20.0. The van der Waals surface area contributed by atoms with Crippen molar-refractivity contribution in [1.29, 1.82) is 0 Å². The van der Waals surface area contributed by atoms with Gasteiger partial charge in [0.05, 0.1) is 4.90 Å². The molecule has 4 rings (SSSR count). The molecule has 1 aliphatic heterocycles. The highest BCUT2D eigenvalue weighted by atomic mass is 32.2. The number of hydrogen-bond acceptors (Lipinski definition) is 5. The van der Waals surface area contributed by atoms with E-state index in [-0.39, 0.29) is 0 Å². The van der Waals surface area contributed by atoms with Crippen molar-refractivity contribution in [2.45, 2.75) is 43.7 Å². The number of hydrogen-bond donors (Lipinski definition) is 2. The molecular weight excluding hydrogens is 444 g/mol. The minimum atomic E-state index is -3.58. The Morgan fingerprint density at radius 2 is 1.79 bits per heavy atom. The summed E-state index contributed by atoms with van der Waals surface area (Å²) in [5, 5.41) is 3.69. The molecule has 0 bridgehead atoms. The topological polar surface area (TPSA) is 74.3 Å². The quantitative estimate of drug-likeness (QED) is 0.490. The standard InChI is InChI=1S/C27H34N4O2S/c1-21-18-24(9-10-27(21)34(32,33)30-15-11-25-8-3-4-14-28-25)23-7-5-6-22(19-23)20-29-26-12-16-31(2)17-13-26/h3-10,14,18-19,26,29-30H,11-13,15-17,20H2,1-2H3. The van der Waals surface area contributed by atoms with Gasteiger partial charge < -0.3 is 10.2 Å². The van der Waals surface area contributed by atoms with Crippen LogP contribution >= 0.6 is 0 Å². The molecule has 1 fully saturated rings. The lowest BCUT2D eigenvalue weighted by molar-refractivity contribution is 0.234. The summed E-state index contributed by atoms with van der Waals surface area (Å²) in [6, 6.07) is 20.2. The van der Waals surface area contributed by atoms with E-state index in [0.717, 1.165) is 42.0 Å². The molecular formula is C27H34N4O2S. The first kappa shape index (κ1) is 24.5. The Hall–Kier alpha value is -2.58. The fourth-order valence-corrected chi connectivity index (χ4v) is 5.66. The van der Waals surface area contributed by atoms with E-state index in [1.807, 2.05) is 37.3 Å². The monoisotopic (exact) mass is 478 g/mol. The second-order valence-electron chi connectivity index (χ2n) is 9.11. The van der Waals surface area contributed by atoms with Crippen LogP contribution in [-0.2, 0) is 23.0 Å². The number of nitrogens with one attached hydrogen (secondary N) is 2. The molecule has 1 aliphatic rings. The summed E-state index contributed by atoms with van der Waals surface area (Å²) in [5.74, 6) is 0. The molecule has 0 radical (unpaired) electrons. The Morgan fingerprint density at radius 3 is 2.53 bits per heavy atom. The zero-order chi connectivity index (χ0) is 24.0. The number of nitrogens with zero attached hydrogens (tertiary/aromatic N) is 2. The van der Waals surface area contributed by atoms with Gasteiger partial charge >= 0.3 is 0 Å². The molecule has 6 nitrogen and oxygen atoms in total. The third kappa shape index (κ3) is 6.51. The van der Waals surface area contributed by atoms with Gasteiger partial charge in [-0.3, -0.25) is 4.98 Å². The van der Waals surface area contributed by atoms with E-state index in [1.165, 1.54) is 18.4 Å². The van der Waals surface area contributed by atoms with Gasteiger partial charge in [0.2, 0.25) is 10.0 Å². The predicted octanol–water partition coefficient (Wildman–Crippen LogP) is 3.76. The SMILES string of the molecule is Cc1cc(-c2cccc(CNC3CCN(C)CC3)c2)ccc1S(=O)(=O)NCCc1ccccn1. The maximum Gasteiger partial charge on any atom is 0.240 e. The summed E-state index contributed by atoms with van der Waals surface area (Å²) in [5.41, 5.74) is 4.95. The molecule has 0 saturated carbocycles. The first-order valence-electron chi connectivity index (χ1n) is 11.9. The van der Waals surface area contributed by atoms with Crippen molar-refractivity contribution in [3.8, 4) is 11.1 Å². The van der Waals surface area contributed by atoms with E-state index < -0.39 is 10.0 Å². The lowest BCUT2D eigenvalue weighted by Gasteiger charge is -2.29. The number of pyridine rings is 1. The number of aryl methyl sites for hydroxylation is 1. The molecule has 1 saturated heterocycles. The van der Waals surface area contributed by atoms with Crippen LogP contribution in [0.4, 0.5) is 0 Å². The van der Waals surface area contributed by atoms with Gasteiger partial charge in [-0.15, -0.1) is 0 Å². The molecule has 1 aromatic heterocycles. The van der Waals surface area contributed by atoms with Crippen LogP contribution < -0.4 is 10.0 Å². The molecule has 0 amide bonds. The molecule has 3 aromatic rings. The van der Waals surface area contributed by atoms with E-state index in [1.54, 1.807) is 12.3 Å². The van der Waals surface area contributed by atoms with Crippen molar-refractivity contribution < 1.29 is 8.42 Å². The Kier molecular flexibility index (Phi) is 8.11. The van der Waals surface area contributed by atoms with Crippen molar-refractivity contribution in [3.63, 3.8) is 0 Å². The number of rotatable bonds is 9. The molecule has 0 spiro atoms. The highest BCUT2D eigenvalue weighted by Crippen LogP contribution is 2.25. The highest BCUT2D eigenvalue weighted by Gasteiger charge is 2.18. The maximum atomic E-state index is 12.9. The van der Waals surface area contributed by atoms with Crippen LogP contribution in [0, 0.1) is 6.92 Å². The van der Waals surface area contributed by atoms with Crippen molar-refractivity contribution in [2.75, 3.05) is 26.7 Å². The van der Waals surface area contributed by atoms with Gasteiger partial charge in [-0.25, -0.2) is 13.1 Å². The number of benzene rings is 2. The minimum absolute atomic E-state index is 0.312. The average Bonchev–Trinajstić information content (AvgIpc) is 2.84. The van der Waals surface area contributed by atoms with Crippen molar-refractivity contribution >= 4 is 10.0 Å². The molecule has 180 valence electrons. The average molecular weight is 479 g/mol. The van der Waals surface area contributed by atoms with Gasteiger partial charge in [-0.2, -0.15) is 0 Å². The molecule has 0 atom stereocenters. The first-order valence-corrected chi connectivity index (χ1v) is 13.4. The van der Waals surface area contributed by atoms with Crippen molar-refractivity contribution in [1.82, 2.24) is 19.9 Å². The summed E-state index contributed by atoms with van der Waals surface area (Å²) in [4.78, 5) is 6.94. The lowest BCUT2D eigenvalue weighted by atomic mass is 10.0. The van der Waals surface area contributed by atoms with Gasteiger partial charge in [0.15, 0.2) is 0 Å². The number of likely N-dealkylation sites (tertiary alicyclic amines) is 1. The van der Waals surface area contributed by atoms with E-state index >= 15 is 0 Å². The fourth-order valence-electron chi connectivity index (χ4n) is 4.40. The zero-order valence-corrected chi connectivity index (χ0v) is 20.8. The molecule has 34 heavy (non-hydrogen) atoms. The van der Waals surface area contributed by atoms with Crippen molar-refractivity contribution in [3.05, 3.63) is 83.7 Å². The Bertz CT molecular complexity index is 1190. The van der Waals surface area contributed by atoms with Gasteiger partial charge in [-0.1, -0.05) is 36.4 Å². The van der Waals surface area contributed by atoms with Crippen molar-refractivity contribution in [2.24, 2.45) is 0 Å². The minimum Gasteiger partial charge on any atom is -0.310 e. The first-order chi connectivity index (χ1) is 16.4. The summed E-state index contributed by atoms with van der Waals surface area (Å²) in [7, 11) is -1.41. The van der Waals surface area contributed by atoms with E-state index in [4.69, 9.17) is 0 Å². The summed E-state index contributed by atoms with van der Waals surface area (Å²) in [6.45, 7) is 5.29. The molecule has 2 aromatic carbocycles. The van der Waals surface area contributed by atoms with Gasteiger partial charge in [-0.05, 0) is 86.4 Å². The fraction of sp³-hybridized carbons (Fsp3) is 0.370. The summed E-state index contributed by atoms with van der Waals surface area (Å²) in [6.07, 6.45) is 4.63. The molecule has 7 heteroatoms. The lowest BCUT2D eigenvalue weighted by Crippen LogP contribution is -2.40. The van der Waals surface area contributed by atoms with Gasteiger partial charge in [0, 0.05) is 37.4 Å². The predicted molar refractivity (Wildman–Crippen MR) is 137 cm³/mol. The molecule has 2 N–H and O–H groups in total. The van der Waals surface area contributed by atoms with Crippen LogP contribution in [0.1, 0.15) is 29.7 Å². The van der Waals surface area contributed by atoms with E-state index in [9.17, 15) is 8.42 Å². The third-order valence-electron chi connectivity index (χ3n) is 6.44. The second-order valence-corrected chi connectivity index (χ2v) is 10.8. The number of sulfonamides is 1. The smallest absolute Gasteiger partial charge is 0.240 e. The van der Waals surface area contributed by atoms with E-state index in [0.29, 0.717) is 23.9 Å². The Morgan fingerprint density at radius 1 is 1.00 bits per heavy atom. The summed E-state index contributed by atoms with van der Waals surface area (Å²) < 4.78 is 28.4. The Balaban J connectivity index is 1.39. The number of piperidine rings is 1.